The number of rotatable bonds is 7. The van der Waals surface area contributed by atoms with Gasteiger partial charge in [0.25, 0.3) is 11.7 Å². The van der Waals surface area contributed by atoms with Crippen LogP contribution in [0.3, 0.4) is 0 Å². The molecule has 1 amide bonds. The maximum Gasteiger partial charge on any atom is 0.300 e. The van der Waals surface area contributed by atoms with Crippen LogP contribution in [-0.2, 0) is 9.59 Å². The predicted octanol–water partition coefficient (Wildman–Crippen LogP) is 5.01. The molecule has 3 aromatic carbocycles. The molecule has 0 aliphatic carbocycles. The van der Waals surface area contributed by atoms with Crippen molar-refractivity contribution in [1.82, 2.24) is 0 Å². The topological polar surface area (TPSA) is 90.3 Å². The molecule has 186 valence electrons. The summed E-state index contributed by atoms with van der Waals surface area (Å²) >= 11 is 0. The molecule has 0 bridgehead atoms. The number of halogens is 1. The fourth-order valence-electron chi connectivity index (χ4n) is 4.49. The largest absolute Gasteiger partial charge is 0.508 e. The third kappa shape index (κ3) is 4.37. The lowest BCUT2D eigenvalue weighted by atomic mass is 9.94. The van der Waals surface area contributed by atoms with E-state index in [1.165, 1.54) is 36.3 Å². The van der Waals surface area contributed by atoms with E-state index in [1.807, 2.05) is 26.0 Å². The lowest BCUT2D eigenvalue weighted by molar-refractivity contribution is -0.132. The zero-order chi connectivity index (χ0) is 26.0. The molecule has 4 rings (SSSR count). The molecule has 1 fully saturated rings. The van der Waals surface area contributed by atoms with Gasteiger partial charge in [-0.25, -0.2) is 4.39 Å². The molecule has 0 saturated carbocycles. The summed E-state index contributed by atoms with van der Waals surface area (Å²) in [7, 11) is 1.36. The van der Waals surface area contributed by atoms with E-state index in [1.54, 1.807) is 24.3 Å². The standard InChI is InChI=1S/C28H27FN2O5/c1-4-30(5-2)19-9-11-20(12-10-19)31-25(17-6-13-21(32)14-7-17)24(27(34)28(31)35)26(33)22-16-18(29)8-15-23(22)36-3/h6-16,25,32-33H,4-5H2,1-3H3/b26-24+. The fraction of sp³-hybridized carbons (Fsp3) is 0.214. The maximum atomic E-state index is 14.1. The summed E-state index contributed by atoms with van der Waals surface area (Å²) in [4.78, 5) is 30.1. The van der Waals surface area contributed by atoms with E-state index in [0.717, 1.165) is 24.8 Å². The Kier molecular flexibility index (Phi) is 6.96. The molecule has 3 aromatic rings. The number of benzene rings is 3. The Morgan fingerprint density at radius 3 is 2.22 bits per heavy atom. The van der Waals surface area contributed by atoms with Crippen molar-refractivity contribution >= 4 is 28.8 Å². The van der Waals surface area contributed by atoms with Crippen molar-refractivity contribution in [2.24, 2.45) is 0 Å². The van der Waals surface area contributed by atoms with Crippen LogP contribution in [0.15, 0.2) is 72.3 Å². The Balaban J connectivity index is 1.91. The molecule has 1 aliphatic heterocycles. The number of aromatic hydroxyl groups is 1. The number of aliphatic hydroxyl groups excluding tert-OH is 1. The molecular weight excluding hydrogens is 463 g/mol. The quantitative estimate of drug-likeness (QED) is 0.275. The summed E-state index contributed by atoms with van der Waals surface area (Å²) in [6.07, 6.45) is 0. The average Bonchev–Trinajstić information content (AvgIpc) is 3.15. The smallest absolute Gasteiger partial charge is 0.300 e. The molecule has 0 aromatic heterocycles. The molecule has 0 radical (unpaired) electrons. The van der Waals surface area contributed by atoms with E-state index in [-0.39, 0.29) is 22.6 Å². The monoisotopic (exact) mass is 490 g/mol. The van der Waals surface area contributed by atoms with E-state index in [2.05, 4.69) is 4.90 Å². The highest BCUT2D eigenvalue weighted by Gasteiger charge is 2.47. The minimum atomic E-state index is -1.02. The van der Waals surface area contributed by atoms with E-state index >= 15 is 0 Å². The first kappa shape index (κ1) is 24.8. The summed E-state index contributed by atoms with van der Waals surface area (Å²) in [5, 5.41) is 21.0. The van der Waals surface area contributed by atoms with Crippen molar-refractivity contribution in [2.75, 3.05) is 30.0 Å². The van der Waals surface area contributed by atoms with Crippen LogP contribution in [0.25, 0.3) is 5.76 Å². The van der Waals surface area contributed by atoms with Crippen molar-refractivity contribution in [3.8, 4) is 11.5 Å². The van der Waals surface area contributed by atoms with Gasteiger partial charge in [-0.1, -0.05) is 12.1 Å². The highest BCUT2D eigenvalue weighted by molar-refractivity contribution is 6.51. The lowest BCUT2D eigenvalue weighted by Crippen LogP contribution is -2.29. The molecule has 1 atom stereocenters. The zero-order valence-electron chi connectivity index (χ0n) is 20.2. The Bertz CT molecular complexity index is 1310. The van der Waals surface area contributed by atoms with Gasteiger partial charge < -0.3 is 19.8 Å². The summed E-state index contributed by atoms with van der Waals surface area (Å²) in [5.41, 5.74) is 1.65. The highest BCUT2D eigenvalue weighted by Crippen LogP contribution is 2.43. The first-order valence-electron chi connectivity index (χ1n) is 11.6. The summed E-state index contributed by atoms with van der Waals surface area (Å²) in [5.74, 6) is -2.78. The lowest BCUT2D eigenvalue weighted by Gasteiger charge is -2.27. The number of amides is 1. The summed E-state index contributed by atoms with van der Waals surface area (Å²) in [6.45, 7) is 5.70. The number of carbonyl (C=O) groups is 2. The number of nitrogens with zero attached hydrogens (tertiary/aromatic N) is 2. The van der Waals surface area contributed by atoms with Gasteiger partial charge in [0.1, 0.15) is 23.1 Å². The number of hydrogen-bond donors (Lipinski definition) is 2. The molecule has 36 heavy (non-hydrogen) atoms. The molecule has 8 heteroatoms. The number of phenols is 1. The van der Waals surface area contributed by atoms with Crippen molar-refractivity contribution in [3.63, 3.8) is 0 Å². The normalized spacial score (nSPS) is 16.9. The average molecular weight is 491 g/mol. The first-order chi connectivity index (χ1) is 17.3. The van der Waals surface area contributed by atoms with Gasteiger partial charge in [0.15, 0.2) is 0 Å². The van der Waals surface area contributed by atoms with Crippen LogP contribution in [-0.4, -0.2) is 42.1 Å². The van der Waals surface area contributed by atoms with Crippen LogP contribution >= 0.6 is 0 Å². The molecule has 0 spiro atoms. The Morgan fingerprint density at radius 1 is 1.00 bits per heavy atom. The number of carbonyl (C=O) groups excluding carboxylic acids is 2. The number of aliphatic hydroxyl groups is 1. The van der Waals surface area contributed by atoms with E-state index in [4.69, 9.17) is 4.74 Å². The number of anilines is 2. The molecule has 1 unspecified atom stereocenters. The van der Waals surface area contributed by atoms with Gasteiger partial charge in [0, 0.05) is 24.5 Å². The van der Waals surface area contributed by atoms with Gasteiger partial charge in [-0.3, -0.25) is 14.5 Å². The van der Waals surface area contributed by atoms with Crippen LogP contribution in [0.2, 0.25) is 0 Å². The second kappa shape index (κ2) is 10.1. The van der Waals surface area contributed by atoms with Crippen LogP contribution < -0.4 is 14.5 Å². The Labute approximate surface area is 208 Å². The van der Waals surface area contributed by atoms with Crippen LogP contribution in [0.4, 0.5) is 15.8 Å². The maximum absolute atomic E-state index is 14.1. The van der Waals surface area contributed by atoms with Gasteiger partial charge in [-0.2, -0.15) is 0 Å². The first-order valence-corrected chi connectivity index (χ1v) is 11.6. The Morgan fingerprint density at radius 2 is 1.64 bits per heavy atom. The number of ether oxygens (including phenoxy) is 1. The number of methoxy groups -OCH3 is 1. The number of phenolic OH excluding ortho intramolecular Hbond substituents is 1. The van der Waals surface area contributed by atoms with Gasteiger partial charge in [0.05, 0.1) is 24.3 Å². The van der Waals surface area contributed by atoms with Crippen LogP contribution in [0.1, 0.15) is 31.0 Å². The van der Waals surface area contributed by atoms with E-state index < -0.39 is 29.3 Å². The predicted molar refractivity (Wildman–Crippen MR) is 136 cm³/mol. The molecule has 1 saturated heterocycles. The molecular formula is C28H27FN2O5. The van der Waals surface area contributed by atoms with Crippen molar-refractivity contribution in [1.29, 1.82) is 0 Å². The number of hydrogen-bond acceptors (Lipinski definition) is 6. The minimum Gasteiger partial charge on any atom is -0.508 e. The third-order valence-electron chi connectivity index (χ3n) is 6.33. The van der Waals surface area contributed by atoms with Crippen molar-refractivity contribution in [2.45, 2.75) is 19.9 Å². The second-order valence-corrected chi connectivity index (χ2v) is 8.29. The summed E-state index contributed by atoms with van der Waals surface area (Å²) < 4.78 is 19.3. The van der Waals surface area contributed by atoms with Crippen LogP contribution in [0.5, 0.6) is 11.5 Å². The molecule has 7 nitrogen and oxygen atoms in total. The molecule has 1 aliphatic rings. The van der Waals surface area contributed by atoms with Crippen molar-refractivity contribution in [3.05, 3.63) is 89.2 Å². The van der Waals surface area contributed by atoms with E-state index in [9.17, 15) is 24.2 Å². The highest BCUT2D eigenvalue weighted by atomic mass is 19.1. The van der Waals surface area contributed by atoms with Gasteiger partial charge in [0.2, 0.25) is 0 Å². The Hall–Kier alpha value is -4.33. The molecule has 2 N–H and O–H groups in total. The fourth-order valence-corrected chi connectivity index (χ4v) is 4.49. The molecule has 1 heterocycles. The summed E-state index contributed by atoms with van der Waals surface area (Å²) in [6, 6.07) is 15.8. The zero-order valence-corrected chi connectivity index (χ0v) is 20.2. The van der Waals surface area contributed by atoms with E-state index in [0.29, 0.717) is 11.3 Å². The van der Waals surface area contributed by atoms with Crippen molar-refractivity contribution < 1.29 is 28.9 Å². The van der Waals surface area contributed by atoms with Crippen LogP contribution in [0, 0.1) is 5.82 Å². The number of ketones is 1. The van der Waals surface area contributed by atoms with Gasteiger partial charge in [-0.05, 0) is 74.0 Å². The number of Topliss-reactive ketones (excluding diaryl/α,β-unsaturated/α-hetero) is 1. The minimum absolute atomic E-state index is 0.00563. The van der Waals surface area contributed by atoms with Gasteiger partial charge in [-0.15, -0.1) is 0 Å². The third-order valence-corrected chi connectivity index (χ3v) is 6.33. The second-order valence-electron chi connectivity index (χ2n) is 8.29. The SMILES string of the molecule is CCN(CC)c1ccc(N2C(=O)C(=O)/C(=C(/O)c3cc(F)ccc3OC)C2c2ccc(O)cc2)cc1. The van der Waals surface area contributed by atoms with Gasteiger partial charge >= 0.3 is 0 Å².